The third kappa shape index (κ3) is 4.28. The summed E-state index contributed by atoms with van der Waals surface area (Å²) >= 11 is 1.61. The maximum Gasteiger partial charge on any atom is 0.255 e. The van der Waals surface area contributed by atoms with Gasteiger partial charge < -0.3 is 5.32 Å². The standard InChI is InChI=1S/C25H20N6OS/c1-17-20(16-28-31(17)25-27-14-11-21(29-25)22-8-5-15-33-22)24(32)30-23(18-6-3-2-4-7-18)19-9-12-26-13-10-19/h2-16,23H,1H3,(H,30,32). The molecular weight excluding hydrogens is 432 g/mol. The zero-order valence-corrected chi connectivity index (χ0v) is 18.6. The first-order valence-corrected chi connectivity index (χ1v) is 11.3. The van der Waals surface area contributed by atoms with Gasteiger partial charge in [0.1, 0.15) is 0 Å². The summed E-state index contributed by atoms with van der Waals surface area (Å²) in [6, 6.07) is 19.2. The average molecular weight is 453 g/mol. The highest BCUT2D eigenvalue weighted by Gasteiger charge is 2.22. The second-order valence-electron chi connectivity index (χ2n) is 7.37. The molecule has 5 rings (SSSR count). The number of amides is 1. The Morgan fingerprint density at radius 1 is 0.970 bits per heavy atom. The minimum Gasteiger partial charge on any atom is -0.341 e. The highest BCUT2D eigenvalue weighted by Crippen LogP contribution is 2.24. The fraction of sp³-hybridized carbons (Fsp3) is 0.0800. The van der Waals surface area contributed by atoms with E-state index in [0.29, 0.717) is 17.2 Å². The van der Waals surface area contributed by atoms with Gasteiger partial charge >= 0.3 is 0 Å². The number of pyridine rings is 1. The zero-order chi connectivity index (χ0) is 22.6. The summed E-state index contributed by atoms with van der Waals surface area (Å²) in [4.78, 5) is 27.4. The SMILES string of the molecule is Cc1c(C(=O)NC(c2ccccc2)c2ccncc2)cnn1-c1nccc(-c2cccs2)n1. The summed E-state index contributed by atoms with van der Waals surface area (Å²) in [5, 5.41) is 9.56. The maximum absolute atomic E-state index is 13.3. The number of hydrogen-bond donors (Lipinski definition) is 1. The van der Waals surface area contributed by atoms with Crippen LogP contribution < -0.4 is 5.32 Å². The number of thiophene rings is 1. The van der Waals surface area contributed by atoms with Crippen LogP contribution in [0.3, 0.4) is 0 Å². The van der Waals surface area contributed by atoms with E-state index in [-0.39, 0.29) is 11.9 Å². The summed E-state index contributed by atoms with van der Waals surface area (Å²) in [5.74, 6) is 0.199. The average Bonchev–Trinajstić information content (AvgIpc) is 3.54. The van der Waals surface area contributed by atoms with Gasteiger partial charge in [-0.3, -0.25) is 9.78 Å². The largest absolute Gasteiger partial charge is 0.341 e. The Bertz CT molecular complexity index is 1330. The van der Waals surface area contributed by atoms with Crippen LogP contribution in [0.2, 0.25) is 0 Å². The molecule has 0 fully saturated rings. The van der Waals surface area contributed by atoms with Gasteiger partial charge in [0.15, 0.2) is 0 Å². The van der Waals surface area contributed by atoms with Crippen molar-refractivity contribution in [3.05, 3.63) is 113 Å². The van der Waals surface area contributed by atoms with Crippen LogP contribution in [0.1, 0.15) is 33.2 Å². The Kier molecular flexibility index (Phi) is 5.73. The van der Waals surface area contributed by atoms with E-state index in [1.165, 1.54) is 0 Å². The third-order valence-corrected chi connectivity index (χ3v) is 6.20. The van der Waals surface area contributed by atoms with Crippen molar-refractivity contribution >= 4 is 17.2 Å². The number of aromatic nitrogens is 5. The van der Waals surface area contributed by atoms with Gasteiger partial charge in [-0.2, -0.15) is 5.10 Å². The molecule has 0 bridgehead atoms. The highest BCUT2D eigenvalue weighted by molar-refractivity contribution is 7.13. The lowest BCUT2D eigenvalue weighted by atomic mass is 9.99. The number of rotatable bonds is 6. The Balaban J connectivity index is 1.45. The van der Waals surface area contributed by atoms with Crippen LogP contribution in [0.5, 0.6) is 0 Å². The Labute approximate surface area is 194 Å². The lowest BCUT2D eigenvalue weighted by Gasteiger charge is -2.19. The van der Waals surface area contributed by atoms with Gasteiger partial charge in [-0.05, 0) is 47.7 Å². The topological polar surface area (TPSA) is 85.6 Å². The molecule has 0 saturated carbocycles. The molecule has 162 valence electrons. The Hall–Kier alpha value is -4.17. The minimum absolute atomic E-state index is 0.223. The molecule has 1 N–H and O–H groups in total. The molecule has 1 unspecified atom stereocenters. The molecule has 0 radical (unpaired) electrons. The Morgan fingerprint density at radius 2 is 1.76 bits per heavy atom. The normalized spacial score (nSPS) is 11.8. The van der Waals surface area contributed by atoms with Crippen LogP contribution in [-0.2, 0) is 0 Å². The molecular formula is C25H20N6OS. The number of carbonyl (C=O) groups is 1. The van der Waals surface area contributed by atoms with Crippen molar-refractivity contribution in [1.29, 1.82) is 0 Å². The van der Waals surface area contributed by atoms with Gasteiger partial charge in [0.05, 0.1) is 34.1 Å². The van der Waals surface area contributed by atoms with Gasteiger partial charge in [0.2, 0.25) is 0 Å². The van der Waals surface area contributed by atoms with Crippen LogP contribution >= 0.6 is 11.3 Å². The molecule has 5 aromatic rings. The zero-order valence-electron chi connectivity index (χ0n) is 17.8. The summed E-state index contributed by atoms with van der Waals surface area (Å²) in [6.07, 6.45) is 6.70. The van der Waals surface area contributed by atoms with E-state index in [4.69, 9.17) is 0 Å². The van der Waals surface area contributed by atoms with Gasteiger partial charge in [0.25, 0.3) is 11.9 Å². The van der Waals surface area contributed by atoms with Crippen molar-refractivity contribution < 1.29 is 4.79 Å². The van der Waals surface area contributed by atoms with Crippen molar-refractivity contribution in [3.8, 4) is 16.5 Å². The molecule has 0 aliphatic rings. The molecule has 0 aliphatic heterocycles. The number of hydrogen-bond acceptors (Lipinski definition) is 6. The van der Waals surface area contributed by atoms with E-state index in [2.05, 4.69) is 25.4 Å². The Morgan fingerprint density at radius 3 is 2.52 bits per heavy atom. The quantitative estimate of drug-likeness (QED) is 0.407. The minimum atomic E-state index is -0.317. The fourth-order valence-corrected chi connectivity index (χ4v) is 4.31. The van der Waals surface area contributed by atoms with Gasteiger partial charge in [-0.1, -0.05) is 36.4 Å². The van der Waals surface area contributed by atoms with Gasteiger partial charge in [0, 0.05) is 18.6 Å². The molecule has 1 aromatic carbocycles. The molecule has 8 heteroatoms. The summed E-state index contributed by atoms with van der Waals surface area (Å²) in [6.45, 7) is 1.84. The number of benzene rings is 1. The van der Waals surface area contributed by atoms with Crippen molar-refractivity contribution in [2.24, 2.45) is 0 Å². The molecule has 0 aliphatic carbocycles. The number of nitrogens with zero attached hydrogens (tertiary/aromatic N) is 5. The molecule has 0 saturated heterocycles. The van der Waals surface area contributed by atoms with Gasteiger partial charge in [-0.15, -0.1) is 11.3 Å². The van der Waals surface area contributed by atoms with E-state index in [1.807, 2.05) is 73.0 Å². The second-order valence-corrected chi connectivity index (χ2v) is 8.32. The van der Waals surface area contributed by atoms with Crippen molar-refractivity contribution in [2.75, 3.05) is 0 Å². The lowest BCUT2D eigenvalue weighted by Crippen LogP contribution is -2.29. The van der Waals surface area contributed by atoms with Crippen molar-refractivity contribution in [1.82, 2.24) is 30.0 Å². The van der Waals surface area contributed by atoms with Crippen LogP contribution in [0.4, 0.5) is 0 Å². The first kappa shape index (κ1) is 20.7. The van der Waals surface area contributed by atoms with Crippen molar-refractivity contribution in [3.63, 3.8) is 0 Å². The molecule has 33 heavy (non-hydrogen) atoms. The highest BCUT2D eigenvalue weighted by atomic mass is 32.1. The van der Waals surface area contributed by atoms with E-state index >= 15 is 0 Å². The van der Waals surface area contributed by atoms with E-state index < -0.39 is 0 Å². The van der Waals surface area contributed by atoms with E-state index in [9.17, 15) is 4.79 Å². The molecule has 0 spiro atoms. The maximum atomic E-state index is 13.3. The lowest BCUT2D eigenvalue weighted by molar-refractivity contribution is 0.0942. The number of nitrogens with one attached hydrogen (secondary N) is 1. The summed E-state index contributed by atoms with van der Waals surface area (Å²) in [7, 11) is 0. The monoisotopic (exact) mass is 452 g/mol. The first-order chi connectivity index (χ1) is 16.2. The van der Waals surface area contributed by atoms with Crippen molar-refractivity contribution in [2.45, 2.75) is 13.0 Å². The van der Waals surface area contributed by atoms with Gasteiger partial charge in [-0.25, -0.2) is 14.6 Å². The predicted octanol–water partition coefficient (Wildman–Crippen LogP) is 4.61. The van der Waals surface area contributed by atoms with Crippen LogP contribution in [0.25, 0.3) is 16.5 Å². The molecule has 1 amide bonds. The van der Waals surface area contributed by atoms with Crippen LogP contribution in [0, 0.1) is 6.92 Å². The molecule has 4 heterocycles. The van der Waals surface area contributed by atoms with E-state index in [1.54, 1.807) is 40.8 Å². The summed E-state index contributed by atoms with van der Waals surface area (Å²) in [5.41, 5.74) is 3.88. The first-order valence-electron chi connectivity index (χ1n) is 10.4. The number of carbonyl (C=O) groups excluding carboxylic acids is 1. The van der Waals surface area contributed by atoms with E-state index in [0.717, 1.165) is 21.7 Å². The molecule has 4 aromatic heterocycles. The molecule has 7 nitrogen and oxygen atoms in total. The second kappa shape index (κ2) is 9.13. The predicted molar refractivity (Wildman–Crippen MR) is 127 cm³/mol. The fourth-order valence-electron chi connectivity index (χ4n) is 3.62. The van der Waals surface area contributed by atoms with Crippen LogP contribution in [-0.4, -0.2) is 30.6 Å². The van der Waals surface area contributed by atoms with Crippen LogP contribution in [0.15, 0.2) is 90.8 Å². The third-order valence-electron chi connectivity index (χ3n) is 5.31. The molecule has 1 atom stereocenters. The smallest absolute Gasteiger partial charge is 0.255 e. The summed E-state index contributed by atoms with van der Waals surface area (Å²) < 4.78 is 1.59.